The summed E-state index contributed by atoms with van der Waals surface area (Å²) in [5.74, 6) is 1.93. The minimum absolute atomic E-state index is 0.952. The van der Waals surface area contributed by atoms with Crippen molar-refractivity contribution in [2.45, 2.75) is 39.0 Å². The Balaban J connectivity index is 1.87. The smallest absolute Gasteiger partial charge is 0.0250 e. The third-order valence-corrected chi connectivity index (χ3v) is 3.50. The summed E-state index contributed by atoms with van der Waals surface area (Å²) in [6.45, 7) is 2.39. The van der Waals surface area contributed by atoms with Gasteiger partial charge in [0.15, 0.2) is 0 Å². The van der Waals surface area contributed by atoms with Crippen molar-refractivity contribution in [2.24, 2.45) is 11.8 Å². The molecule has 0 amide bonds. The Kier molecular flexibility index (Phi) is 3.23. The van der Waals surface area contributed by atoms with Crippen LogP contribution in [-0.2, 0) is 6.42 Å². The molecule has 0 atom stereocenters. The zero-order chi connectivity index (χ0) is 9.80. The molecule has 76 valence electrons. The molecule has 1 aliphatic carbocycles. The quantitative estimate of drug-likeness (QED) is 0.656. The lowest BCUT2D eigenvalue weighted by molar-refractivity contribution is 0.289. The zero-order valence-corrected chi connectivity index (χ0v) is 9.08. The Hall–Kier alpha value is -0.780. The van der Waals surface area contributed by atoms with E-state index in [-0.39, 0.29) is 0 Å². The molecule has 0 nitrogen and oxygen atoms in total. The molecule has 1 aromatic rings. The fourth-order valence-corrected chi connectivity index (χ4v) is 2.48. The molecule has 0 heteroatoms. The van der Waals surface area contributed by atoms with Gasteiger partial charge in [0.05, 0.1) is 0 Å². The van der Waals surface area contributed by atoms with Crippen LogP contribution in [0.5, 0.6) is 0 Å². The maximum absolute atomic E-state index is 2.39. The van der Waals surface area contributed by atoms with Gasteiger partial charge in [-0.3, -0.25) is 0 Å². The summed E-state index contributed by atoms with van der Waals surface area (Å²) in [6, 6.07) is 10.9. The molecular weight excluding hydrogens is 168 g/mol. The predicted octanol–water partition coefficient (Wildman–Crippen LogP) is 4.06. The van der Waals surface area contributed by atoms with Gasteiger partial charge in [0.1, 0.15) is 0 Å². The highest BCUT2D eigenvalue weighted by atomic mass is 14.2. The Morgan fingerprint density at radius 3 is 2.29 bits per heavy atom. The Labute approximate surface area is 87.3 Å². The average Bonchev–Trinajstić information content (AvgIpc) is 2.23. The fourth-order valence-electron chi connectivity index (χ4n) is 2.48. The highest BCUT2D eigenvalue weighted by Gasteiger charge is 2.17. The standard InChI is InChI=1S/C14H20/c1-12-7-9-14(10-8-12)11-13-5-3-2-4-6-13/h2-6,12,14H,7-11H2,1H3. The lowest BCUT2D eigenvalue weighted by Crippen LogP contribution is -2.14. The normalized spacial score (nSPS) is 27.5. The molecule has 2 rings (SSSR count). The summed E-state index contributed by atoms with van der Waals surface area (Å²) < 4.78 is 0. The van der Waals surface area contributed by atoms with Crippen LogP contribution < -0.4 is 0 Å². The number of hydrogen-bond acceptors (Lipinski definition) is 0. The molecule has 14 heavy (non-hydrogen) atoms. The lowest BCUT2D eigenvalue weighted by Gasteiger charge is -2.26. The third kappa shape index (κ3) is 2.60. The van der Waals surface area contributed by atoms with Crippen LogP contribution in [0.15, 0.2) is 30.3 Å². The molecule has 0 radical (unpaired) electrons. The molecule has 0 unspecified atom stereocenters. The highest BCUT2D eigenvalue weighted by molar-refractivity contribution is 5.15. The van der Waals surface area contributed by atoms with Gasteiger partial charge >= 0.3 is 0 Å². The van der Waals surface area contributed by atoms with Crippen LogP contribution in [0.4, 0.5) is 0 Å². The molecule has 0 N–H and O–H groups in total. The van der Waals surface area contributed by atoms with Crippen molar-refractivity contribution in [3.8, 4) is 0 Å². The first-order valence-corrected chi connectivity index (χ1v) is 5.88. The van der Waals surface area contributed by atoms with E-state index >= 15 is 0 Å². The first-order valence-electron chi connectivity index (χ1n) is 5.88. The Morgan fingerprint density at radius 2 is 1.64 bits per heavy atom. The van der Waals surface area contributed by atoms with Gasteiger partial charge in [0.2, 0.25) is 0 Å². The highest BCUT2D eigenvalue weighted by Crippen LogP contribution is 2.30. The maximum atomic E-state index is 2.39. The van der Waals surface area contributed by atoms with Crippen LogP contribution in [0.3, 0.4) is 0 Å². The summed E-state index contributed by atoms with van der Waals surface area (Å²) in [4.78, 5) is 0. The van der Waals surface area contributed by atoms with Gasteiger partial charge < -0.3 is 0 Å². The van der Waals surface area contributed by atoms with E-state index in [1.54, 1.807) is 0 Å². The van der Waals surface area contributed by atoms with E-state index in [1.165, 1.54) is 37.7 Å². The van der Waals surface area contributed by atoms with Crippen LogP contribution in [0.1, 0.15) is 38.2 Å². The van der Waals surface area contributed by atoms with Crippen LogP contribution in [-0.4, -0.2) is 0 Å². The molecule has 1 aromatic carbocycles. The van der Waals surface area contributed by atoms with Crippen molar-refractivity contribution in [1.82, 2.24) is 0 Å². The number of hydrogen-bond donors (Lipinski definition) is 0. The molecule has 0 aromatic heterocycles. The van der Waals surface area contributed by atoms with Crippen LogP contribution in [0, 0.1) is 11.8 Å². The van der Waals surface area contributed by atoms with E-state index in [1.807, 2.05) is 0 Å². The topological polar surface area (TPSA) is 0 Å². The van der Waals surface area contributed by atoms with Crippen LogP contribution in [0.25, 0.3) is 0 Å². The number of rotatable bonds is 2. The monoisotopic (exact) mass is 188 g/mol. The van der Waals surface area contributed by atoms with Crippen molar-refractivity contribution in [3.63, 3.8) is 0 Å². The lowest BCUT2D eigenvalue weighted by atomic mass is 9.80. The van der Waals surface area contributed by atoms with Crippen molar-refractivity contribution in [1.29, 1.82) is 0 Å². The second kappa shape index (κ2) is 4.63. The second-order valence-electron chi connectivity index (χ2n) is 4.82. The van der Waals surface area contributed by atoms with Gasteiger partial charge in [-0.05, 0) is 36.7 Å². The molecule has 0 spiro atoms. The summed E-state index contributed by atoms with van der Waals surface area (Å²) in [5.41, 5.74) is 1.52. The van der Waals surface area contributed by atoms with Crippen molar-refractivity contribution < 1.29 is 0 Å². The SMILES string of the molecule is CC1CCC(Cc2ccccc2)CC1. The minimum atomic E-state index is 0.952. The van der Waals surface area contributed by atoms with Gasteiger partial charge in [0, 0.05) is 0 Å². The largest absolute Gasteiger partial charge is 0.0625 e. The Bertz CT molecular complexity index is 255. The minimum Gasteiger partial charge on any atom is -0.0625 e. The van der Waals surface area contributed by atoms with E-state index < -0.39 is 0 Å². The summed E-state index contributed by atoms with van der Waals surface area (Å²) in [5, 5.41) is 0. The zero-order valence-electron chi connectivity index (χ0n) is 9.08. The van der Waals surface area contributed by atoms with Crippen molar-refractivity contribution in [2.75, 3.05) is 0 Å². The van der Waals surface area contributed by atoms with E-state index in [2.05, 4.69) is 37.3 Å². The third-order valence-electron chi connectivity index (χ3n) is 3.50. The van der Waals surface area contributed by atoms with Crippen molar-refractivity contribution >= 4 is 0 Å². The molecule has 1 fully saturated rings. The first-order chi connectivity index (χ1) is 6.84. The second-order valence-corrected chi connectivity index (χ2v) is 4.82. The van der Waals surface area contributed by atoms with E-state index in [0.29, 0.717) is 0 Å². The van der Waals surface area contributed by atoms with E-state index in [4.69, 9.17) is 0 Å². The van der Waals surface area contributed by atoms with Crippen LogP contribution in [0.2, 0.25) is 0 Å². The first kappa shape index (κ1) is 9.76. The molecule has 0 aliphatic heterocycles. The summed E-state index contributed by atoms with van der Waals surface area (Å²) in [7, 11) is 0. The molecule has 1 aliphatic rings. The van der Waals surface area contributed by atoms with Gasteiger partial charge in [-0.2, -0.15) is 0 Å². The molecular formula is C14H20. The average molecular weight is 188 g/mol. The summed E-state index contributed by atoms with van der Waals surface area (Å²) >= 11 is 0. The fraction of sp³-hybridized carbons (Fsp3) is 0.571. The van der Waals surface area contributed by atoms with E-state index in [9.17, 15) is 0 Å². The van der Waals surface area contributed by atoms with Gasteiger partial charge in [-0.25, -0.2) is 0 Å². The summed E-state index contributed by atoms with van der Waals surface area (Å²) in [6.07, 6.45) is 7.06. The van der Waals surface area contributed by atoms with Gasteiger partial charge in [0.25, 0.3) is 0 Å². The van der Waals surface area contributed by atoms with Gasteiger partial charge in [-0.1, -0.05) is 50.1 Å². The molecule has 1 saturated carbocycles. The van der Waals surface area contributed by atoms with Crippen molar-refractivity contribution in [3.05, 3.63) is 35.9 Å². The van der Waals surface area contributed by atoms with Gasteiger partial charge in [-0.15, -0.1) is 0 Å². The number of benzene rings is 1. The Morgan fingerprint density at radius 1 is 1.00 bits per heavy atom. The molecule has 0 saturated heterocycles. The predicted molar refractivity (Wildman–Crippen MR) is 61.3 cm³/mol. The van der Waals surface area contributed by atoms with Crippen LogP contribution >= 0.6 is 0 Å². The van der Waals surface area contributed by atoms with E-state index in [0.717, 1.165) is 11.8 Å². The molecule has 0 heterocycles. The molecule has 0 bridgehead atoms. The maximum Gasteiger partial charge on any atom is -0.0250 e.